The minimum atomic E-state index is -0.372. The SMILES string of the molecule is O=C(NC1CC(Nc2ccc(Cl)c3ncccc23)C1)OCc1ccccc1. The molecule has 3 aromatic rings. The zero-order chi connectivity index (χ0) is 18.6. The van der Waals surface area contributed by atoms with Gasteiger partial charge >= 0.3 is 6.09 Å². The molecule has 0 bridgehead atoms. The monoisotopic (exact) mass is 381 g/mol. The van der Waals surface area contributed by atoms with E-state index < -0.39 is 0 Å². The van der Waals surface area contributed by atoms with Gasteiger partial charge in [-0.2, -0.15) is 0 Å². The third-order valence-corrected chi connectivity index (χ3v) is 5.06. The quantitative estimate of drug-likeness (QED) is 0.669. The molecule has 0 saturated heterocycles. The van der Waals surface area contributed by atoms with Crippen molar-refractivity contribution in [2.45, 2.75) is 31.5 Å². The maximum atomic E-state index is 11.9. The van der Waals surface area contributed by atoms with Gasteiger partial charge in [-0.25, -0.2) is 4.79 Å². The first-order valence-electron chi connectivity index (χ1n) is 8.96. The summed E-state index contributed by atoms with van der Waals surface area (Å²) in [4.78, 5) is 16.3. The van der Waals surface area contributed by atoms with Crippen molar-refractivity contribution in [3.8, 4) is 0 Å². The summed E-state index contributed by atoms with van der Waals surface area (Å²) in [6.45, 7) is 0.283. The summed E-state index contributed by atoms with van der Waals surface area (Å²) in [6.07, 6.45) is 3.07. The zero-order valence-corrected chi connectivity index (χ0v) is 15.4. The molecular weight excluding hydrogens is 362 g/mol. The molecule has 4 rings (SSSR count). The lowest BCUT2D eigenvalue weighted by Gasteiger charge is -2.36. The highest BCUT2D eigenvalue weighted by atomic mass is 35.5. The topological polar surface area (TPSA) is 63.2 Å². The van der Waals surface area contributed by atoms with E-state index in [1.807, 2.05) is 54.6 Å². The summed E-state index contributed by atoms with van der Waals surface area (Å²) in [5, 5.41) is 8.08. The number of nitrogens with one attached hydrogen (secondary N) is 2. The van der Waals surface area contributed by atoms with E-state index in [1.165, 1.54) is 0 Å². The zero-order valence-electron chi connectivity index (χ0n) is 14.7. The van der Waals surface area contributed by atoms with E-state index in [2.05, 4.69) is 15.6 Å². The first-order valence-corrected chi connectivity index (χ1v) is 9.34. The predicted octanol–water partition coefficient (Wildman–Crippen LogP) is 4.76. The lowest BCUT2D eigenvalue weighted by molar-refractivity contribution is 0.129. The van der Waals surface area contributed by atoms with E-state index in [4.69, 9.17) is 16.3 Å². The molecule has 138 valence electrons. The van der Waals surface area contributed by atoms with Gasteiger partial charge in [-0.1, -0.05) is 41.9 Å². The van der Waals surface area contributed by atoms with E-state index in [9.17, 15) is 4.79 Å². The standard InChI is InChI=1S/C21H20ClN3O2/c22-18-8-9-19(17-7-4-10-23-20(17)18)24-15-11-16(12-15)25-21(26)27-13-14-5-2-1-3-6-14/h1-10,15-16,24H,11-13H2,(H,25,26). The number of ether oxygens (including phenoxy) is 1. The summed E-state index contributed by atoms with van der Waals surface area (Å²) in [5.74, 6) is 0. The lowest BCUT2D eigenvalue weighted by Crippen LogP contribution is -2.49. The lowest BCUT2D eigenvalue weighted by atomic mass is 9.86. The molecule has 1 amide bonds. The summed E-state index contributed by atoms with van der Waals surface area (Å²) in [5.41, 5.74) is 2.78. The summed E-state index contributed by atoms with van der Waals surface area (Å²) in [7, 11) is 0. The van der Waals surface area contributed by atoms with Crippen LogP contribution in [0.5, 0.6) is 0 Å². The number of aromatic nitrogens is 1. The predicted molar refractivity (Wildman–Crippen MR) is 107 cm³/mol. The Morgan fingerprint density at radius 3 is 2.70 bits per heavy atom. The van der Waals surface area contributed by atoms with E-state index in [0.717, 1.165) is 35.0 Å². The first kappa shape index (κ1) is 17.6. The Bertz CT molecular complexity index is 943. The summed E-state index contributed by atoms with van der Waals surface area (Å²) >= 11 is 6.22. The van der Waals surface area contributed by atoms with Crippen LogP contribution in [0, 0.1) is 0 Å². The average Bonchev–Trinajstić information content (AvgIpc) is 2.67. The molecule has 1 aliphatic rings. The highest BCUT2D eigenvalue weighted by Gasteiger charge is 2.31. The molecule has 2 aromatic carbocycles. The van der Waals surface area contributed by atoms with E-state index in [-0.39, 0.29) is 18.7 Å². The van der Waals surface area contributed by atoms with Crippen molar-refractivity contribution < 1.29 is 9.53 Å². The van der Waals surface area contributed by atoms with Gasteiger partial charge < -0.3 is 15.4 Å². The van der Waals surface area contributed by atoms with Crippen LogP contribution in [0.15, 0.2) is 60.8 Å². The number of nitrogens with zero attached hydrogens (tertiary/aromatic N) is 1. The fourth-order valence-corrected chi connectivity index (χ4v) is 3.48. The van der Waals surface area contributed by atoms with Crippen LogP contribution < -0.4 is 10.6 Å². The van der Waals surface area contributed by atoms with Gasteiger partial charge in [0.2, 0.25) is 0 Å². The van der Waals surface area contributed by atoms with Crippen LogP contribution >= 0.6 is 11.6 Å². The van der Waals surface area contributed by atoms with Crippen LogP contribution in [-0.4, -0.2) is 23.2 Å². The molecule has 6 heteroatoms. The van der Waals surface area contributed by atoms with Crippen LogP contribution in [0.1, 0.15) is 18.4 Å². The minimum Gasteiger partial charge on any atom is -0.445 e. The molecule has 2 N–H and O–H groups in total. The van der Waals surface area contributed by atoms with Crippen LogP contribution in [0.3, 0.4) is 0 Å². The van der Waals surface area contributed by atoms with E-state index >= 15 is 0 Å². The fourth-order valence-electron chi connectivity index (χ4n) is 3.27. The Morgan fingerprint density at radius 1 is 1.07 bits per heavy atom. The van der Waals surface area contributed by atoms with Crippen LogP contribution in [-0.2, 0) is 11.3 Å². The number of pyridine rings is 1. The van der Waals surface area contributed by atoms with E-state index in [1.54, 1.807) is 6.20 Å². The molecule has 0 unspecified atom stereocenters. The van der Waals surface area contributed by atoms with Crippen molar-refractivity contribution in [1.82, 2.24) is 10.3 Å². The van der Waals surface area contributed by atoms with Crippen molar-refractivity contribution in [2.75, 3.05) is 5.32 Å². The molecule has 0 spiro atoms. The number of fused-ring (bicyclic) bond motifs is 1. The normalized spacial score (nSPS) is 18.6. The van der Waals surface area contributed by atoms with Gasteiger partial charge in [-0.05, 0) is 42.7 Å². The number of hydrogen-bond donors (Lipinski definition) is 2. The number of carbonyl (C=O) groups is 1. The molecule has 5 nitrogen and oxygen atoms in total. The highest BCUT2D eigenvalue weighted by molar-refractivity contribution is 6.35. The van der Waals surface area contributed by atoms with Gasteiger partial charge in [0.05, 0.1) is 10.5 Å². The number of benzene rings is 2. The second-order valence-corrected chi connectivity index (χ2v) is 7.12. The number of hydrogen-bond acceptors (Lipinski definition) is 4. The average molecular weight is 382 g/mol. The molecule has 27 heavy (non-hydrogen) atoms. The number of alkyl carbamates (subject to hydrolysis) is 1. The van der Waals surface area contributed by atoms with Crippen molar-refractivity contribution in [1.29, 1.82) is 0 Å². The molecule has 0 atom stereocenters. The van der Waals surface area contributed by atoms with E-state index in [0.29, 0.717) is 11.1 Å². The molecule has 1 aliphatic carbocycles. The van der Waals surface area contributed by atoms with Crippen molar-refractivity contribution in [2.24, 2.45) is 0 Å². The third-order valence-electron chi connectivity index (χ3n) is 4.75. The Morgan fingerprint density at radius 2 is 1.89 bits per heavy atom. The number of rotatable bonds is 5. The van der Waals surface area contributed by atoms with Gasteiger partial charge in [0.15, 0.2) is 0 Å². The number of anilines is 1. The van der Waals surface area contributed by atoms with Gasteiger partial charge in [-0.3, -0.25) is 4.98 Å². The van der Waals surface area contributed by atoms with Gasteiger partial charge in [0.1, 0.15) is 6.61 Å². The summed E-state index contributed by atoms with van der Waals surface area (Å²) < 4.78 is 5.27. The molecule has 0 aliphatic heterocycles. The molecule has 1 fully saturated rings. The molecular formula is C21H20ClN3O2. The van der Waals surface area contributed by atoms with Crippen LogP contribution in [0.2, 0.25) is 5.02 Å². The number of amides is 1. The second-order valence-electron chi connectivity index (χ2n) is 6.71. The van der Waals surface area contributed by atoms with Crippen molar-refractivity contribution in [3.05, 3.63) is 71.4 Å². The Balaban J connectivity index is 1.27. The first-order chi connectivity index (χ1) is 13.2. The minimum absolute atomic E-state index is 0.127. The molecule has 0 radical (unpaired) electrons. The Labute approximate surface area is 162 Å². The molecule has 1 aromatic heterocycles. The van der Waals surface area contributed by atoms with Gasteiger partial charge in [-0.15, -0.1) is 0 Å². The fraction of sp³-hybridized carbons (Fsp3) is 0.238. The summed E-state index contributed by atoms with van der Waals surface area (Å²) in [6, 6.07) is 17.8. The largest absolute Gasteiger partial charge is 0.445 e. The molecule has 1 saturated carbocycles. The highest BCUT2D eigenvalue weighted by Crippen LogP contribution is 2.31. The Kier molecular flexibility index (Phi) is 5.12. The second kappa shape index (κ2) is 7.84. The van der Waals surface area contributed by atoms with Crippen molar-refractivity contribution in [3.63, 3.8) is 0 Å². The number of halogens is 1. The third kappa shape index (κ3) is 4.14. The molecule has 1 heterocycles. The van der Waals surface area contributed by atoms with Gasteiger partial charge in [0, 0.05) is 29.4 Å². The van der Waals surface area contributed by atoms with Crippen LogP contribution in [0.4, 0.5) is 10.5 Å². The van der Waals surface area contributed by atoms with Crippen LogP contribution in [0.25, 0.3) is 10.9 Å². The Hall–Kier alpha value is -2.79. The maximum absolute atomic E-state index is 11.9. The maximum Gasteiger partial charge on any atom is 0.407 e. The smallest absolute Gasteiger partial charge is 0.407 e. The van der Waals surface area contributed by atoms with Crippen molar-refractivity contribution >= 4 is 34.3 Å². The van der Waals surface area contributed by atoms with Gasteiger partial charge in [0.25, 0.3) is 0 Å². The number of carbonyl (C=O) groups excluding carboxylic acids is 1.